The Bertz CT molecular complexity index is 522. The number of aromatic nitrogens is 2. The van der Waals surface area contributed by atoms with Gasteiger partial charge in [0.1, 0.15) is 11.6 Å². The summed E-state index contributed by atoms with van der Waals surface area (Å²) in [6.07, 6.45) is 4.25. The zero-order valence-corrected chi connectivity index (χ0v) is 10.9. The van der Waals surface area contributed by atoms with Crippen LogP contribution in [0.1, 0.15) is 12.7 Å². The minimum atomic E-state index is -0.263. The molecule has 0 amide bonds. The van der Waals surface area contributed by atoms with Crippen LogP contribution in [0, 0.1) is 9.39 Å². The van der Waals surface area contributed by atoms with E-state index < -0.39 is 0 Å². The molecule has 0 aliphatic carbocycles. The summed E-state index contributed by atoms with van der Waals surface area (Å²) in [5, 5.41) is 0. The van der Waals surface area contributed by atoms with Crippen LogP contribution in [0.2, 0.25) is 0 Å². The van der Waals surface area contributed by atoms with Crippen LogP contribution in [-0.2, 0) is 6.42 Å². The number of hydrogen-bond acceptors (Lipinski definition) is 2. The van der Waals surface area contributed by atoms with Gasteiger partial charge in [-0.2, -0.15) is 0 Å². The first-order valence-corrected chi connectivity index (χ1v) is 5.98. The van der Waals surface area contributed by atoms with Crippen LogP contribution in [-0.4, -0.2) is 9.55 Å². The lowest BCUT2D eigenvalue weighted by molar-refractivity contribution is 0.619. The first kappa shape index (κ1) is 11.4. The van der Waals surface area contributed by atoms with Crippen LogP contribution in [0.3, 0.4) is 0 Å². The predicted molar refractivity (Wildman–Crippen MR) is 70.0 cm³/mol. The molecule has 16 heavy (non-hydrogen) atoms. The molecule has 2 aromatic rings. The van der Waals surface area contributed by atoms with Crippen molar-refractivity contribution in [1.82, 2.24) is 9.55 Å². The van der Waals surface area contributed by atoms with Gasteiger partial charge < -0.3 is 10.3 Å². The predicted octanol–water partition coefficient (Wildman–Crippen LogP) is 2.76. The van der Waals surface area contributed by atoms with E-state index >= 15 is 0 Å². The van der Waals surface area contributed by atoms with Gasteiger partial charge in [0.15, 0.2) is 0 Å². The van der Waals surface area contributed by atoms with E-state index in [1.54, 1.807) is 18.5 Å². The minimum absolute atomic E-state index is 0.263. The van der Waals surface area contributed by atoms with E-state index in [1.165, 1.54) is 6.07 Å². The maximum absolute atomic E-state index is 13.5. The van der Waals surface area contributed by atoms with Crippen LogP contribution >= 0.6 is 22.6 Å². The minimum Gasteiger partial charge on any atom is -0.397 e. The highest BCUT2D eigenvalue weighted by Gasteiger charge is 2.10. The standard InChI is InChI=1S/C11H11FIN3/c1-2-11-15-3-4-16(11)10-5-7(12)8(13)6-9(10)14/h3-6H,2,14H2,1H3. The van der Waals surface area contributed by atoms with Crippen molar-refractivity contribution in [3.05, 3.63) is 39.7 Å². The Morgan fingerprint density at radius 1 is 1.50 bits per heavy atom. The Morgan fingerprint density at radius 3 is 2.94 bits per heavy atom. The number of halogens is 2. The van der Waals surface area contributed by atoms with E-state index in [0.717, 1.165) is 12.2 Å². The quantitative estimate of drug-likeness (QED) is 0.679. The molecular weight excluding hydrogens is 320 g/mol. The van der Waals surface area contributed by atoms with Gasteiger partial charge in [-0.15, -0.1) is 0 Å². The molecular formula is C11H11FIN3. The first-order chi connectivity index (χ1) is 7.63. The highest BCUT2D eigenvalue weighted by Crippen LogP contribution is 2.24. The Kier molecular flexibility index (Phi) is 3.13. The zero-order chi connectivity index (χ0) is 11.7. The van der Waals surface area contributed by atoms with Crippen LogP contribution in [0.5, 0.6) is 0 Å². The highest BCUT2D eigenvalue weighted by molar-refractivity contribution is 14.1. The van der Waals surface area contributed by atoms with Crippen LogP contribution in [0.4, 0.5) is 10.1 Å². The van der Waals surface area contributed by atoms with Crippen molar-refractivity contribution in [3.63, 3.8) is 0 Å². The molecule has 0 fully saturated rings. The summed E-state index contributed by atoms with van der Waals surface area (Å²) >= 11 is 1.92. The molecule has 2 N–H and O–H groups in total. The fourth-order valence-corrected chi connectivity index (χ4v) is 2.07. The van der Waals surface area contributed by atoms with Crippen molar-refractivity contribution in [2.45, 2.75) is 13.3 Å². The van der Waals surface area contributed by atoms with E-state index in [1.807, 2.05) is 34.1 Å². The Balaban J connectivity index is 2.60. The molecule has 0 atom stereocenters. The average molecular weight is 331 g/mol. The van der Waals surface area contributed by atoms with Gasteiger partial charge in [-0.05, 0) is 28.7 Å². The van der Waals surface area contributed by atoms with E-state index in [9.17, 15) is 4.39 Å². The summed E-state index contributed by atoms with van der Waals surface area (Å²) in [6.45, 7) is 2.00. The number of aryl methyl sites for hydroxylation is 1. The molecule has 1 aromatic carbocycles. The second-order valence-corrected chi connectivity index (χ2v) is 4.55. The SMILES string of the molecule is CCc1nccn1-c1cc(F)c(I)cc1N. The molecule has 0 aliphatic rings. The van der Waals surface area contributed by atoms with Crippen molar-refractivity contribution in [3.8, 4) is 5.69 Å². The smallest absolute Gasteiger partial charge is 0.138 e. The molecule has 0 unspecified atom stereocenters. The van der Waals surface area contributed by atoms with E-state index in [0.29, 0.717) is 14.9 Å². The summed E-state index contributed by atoms with van der Waals surface area (Å²) in [4.78, 5) is 4.19. The van der Waals surface area contributed by atoms with Crippen molar-refractivity contribution in [1.29, 1.82) is 0 Å². The lowest BCUT2D eigenvalue weighted by Crippen LogP contribution is -2.04. The number of benzene rings is 1. The molecule has 5 heteroatoms. The first-order valence-electron chi connectivity index (χ1n) is 4.90. The maximum Gasteiger partial charge on any atom is 0.138 e. The van der Waals surface area contributed by atoms with E-state index in [4.69, 9.17) is 5.73 Å². The third-order valence-electron chi connectivity index (χ3n) is 2.36. The number of imidazole rings is 1. The number of rotatable bonds is 2. The molecule has 0 saturated heterocycles. The molecule has 0 saturated carbocycles. The number of anilines is 1. The van der Waals surface area contributed by atoms with Gasteiger partial charge in [0.05, 0.1) is 14.9 Å². The molecule has 1 aromatic heterocycles. The Hall–Kier alpha value is -1.11. The molecule has 3 nitrogen and oxygen atoms in total. The summed E-state index contributed by atoms with van der Waals surface area (Å²) in [5.74, 6) is 0.605. The molecule has 0 aliphatic heterocycles. The summed E-state index contributed by atoms with van der Waals surface area (Å²) in [6, 6.07) is 3.07. The largest absolute Gasteiger partial charge is 0.397 e. The third kappa shape index (κ3) is 1.91. The molecule has 0 bridgehead atoms. The summed E-state index contributed by atoms with van der Waals surface area (Å²) < 4.78 is 15.8. The Morgan fingerprint density at radius 2 is 2.25 bits per heavy atom. The molecule has 2 rings (SSSR count). The number of nitrogen functional groups attached to an aromatic ring is 1. The van der Waals surface area contributed by atoms with Gasteiger partial charge in [0.2, 0.25) is 0 Å². The normalized spacial score (nSPS) is 10.7. The van der Waals surface area contributed by atoms with Crippen molar-refractivity contribution in [2.75, 3.05) is 5.73 Å². The fourth-order valence-electron chi connectivity index (χ4n) is 1.58. The molecule has 1 heterocycles. The number of nitrogens with zero attached hydrogens (tertiary/aromatic N) is 2. The monoisotopic (exact) mass is 331 g/mol. The molecule has 84 valence electrons. The van der Waals surface area contributed by atoms with Crippen LogP contribution < -0.4 is 5.73 Å². The molecule has 0 spiro atoms. The van der Waals surface area contributed by atoms with E-state index in [-0.39, 0.29) is 5.82 Å². The van der Waals surface area contributed by atoms with Crippen LogP contribution in [0.15, 0.2) is 24.5 Å². The fraction of sp³-hybridized carbons (Fsp3) is 0.182. The zero-order valence-electron chi connectivity index (χ0n) is 8.74. The van der Waals surface area contributed by atoms with Gasteiger partial charge in [-0.1, -0.05) is 6.92 Å². The Labute approximate surface area is 107 Å². The average Bonchev–Trinajstić information content (AvgIpc) is 2.71. The van der Waals surface area contributed by atoms with E-state index in [2.05, 4.69) is 4.98 Å². The van der Waals surface area contributed by atoms with Gasteiger partial charge >= 0.3 is 0 Å². The maximum atomic E-state index is 13.5. The number of nitrogens with two attached hydrogens (primary N) is 1. The van der Waals surface area contributed by atoms with Gasteiger partial charge in [0.25, 0.3) is 0 Å². The third-order valence-corrected chi connectivity index (χ3v) is 3.19. The topological polar surface area (TPSA) is 43.8 Å². The lowest BCUT2D eigenvalue weighted by atomic mass is 10.2. The summed E-state index contributed by atoms with van der Waals surface area (Å²) in [7, 11) is 0. The van der Waals surface area contributed by atoms with Crippen LogP contribution in [0.25, 0.3) is 5.69 Å². The summed E-state index contributed by atoms with van der Waals surface area (Å²) in [5.41, 5.74) is 7.08. The second kappa shape index (κ2) is 4.40. The second-order valence-electron chi connectivity index (χ2n) is 3.39. The lowest BCUT2D eigenvalue weighted by Gasteiger charge is -2.10. The van der Waals surface area contributed by atoms with Crippen molar-refractivity contribution < 1.29 is 4.39 Å². The molecule has 0 radical (unpaired) electrons. The van der Waals surface area contributed by atoms with Gasteiger partial charge in [-0.3, -0.25) is 0 Å². The van der Waals surface area contributed by atoms with Gasteiger partial charge in [-0.25, -0.2) is 9.37 Å². The van der Waals surface area contributed by atoms with Crippen molar-refractivity contribution >= 4 is 28.3 Å². The van der Waals surface area contributed by atoms with Gasteiger partial charge in [0, 0.05) is 24.9 Å². The van der Waals surface area contributed by atoms with Crippen molar-refractivity contribution in [2.24, 2.45) is 0 Å². The highest BCUT2D eigenvalue weighted by atomic mass is 127. The number of hydrogen-bond donors (Lipinski definition) is 1.